The number of rotatable bonds is 5. The fraction of sp³-hybridized carbons (Fsp3) is 0.263. The van der Waals surface area contributed by atoms with Crippen molar-refractivity contribution in [3.05, 3.63) is 58.1 Å². The summed E-state index contributed by atoms with van der Waals surface area (Å²) in [6, 6.07) is 11.9. The average molecular weight is 409 g/mol. The Labute approximate surface area is 167 Å². The Kier molecular flexibility index (Phi) is 6.55. The number of nitrogens with one attached hydrogen (secondary N) is 1. The van der Waals surface area contributed by atoms with Crippen LogP contribution in [0.4, 0.5) is 11.4 Å². The van der Waals surface area contributed by atoms with Crippen LogP contribution in [0.1, 0.15) is 10.4 Å². The molecule has 1 aliphatic rings. The molecule has 0 aromatic heterocycles. The van der Waals surface area contributed by atoms with Crippen LogP contribution in [0.3, 0.4) is 0 Å². The molecule has 0 unspecified atom stereocenters. The Morgan fingerprint density at radius 1 is 1.07 bits per heavy atom. The maximum absolute atomic E-state index is 12.0. The van der Waals surface area contributed by atoms with Gasteiger partial charge in [0.2, 0.25) is 0 Å². The summed E-state index contributed by atoms with van der Waals surface area (Å²) in [5.74, 6) is -1.15. The number of esters is 1. The minimum Gasteiger partial charge on any atom is -0.452 e. The molecule has 142 valence electrons. The third-order valence-corrected chi connectivity index (χ3v) is 4.57. The largest absolute Gasteiger partial charge is 0.452 e. The summed E-state index contributed by atoms with van der Waals surface area (Å²) in [4.78, 5) is 26.3. The van der Waals surface area contributed by atoms with Gasteiger partial charge in [0.15, 0.2) is 6.61 Å². The molecule has 1 aliphatic heterocycles. The van der Waals surface area contributed by atoms with Crippen molar-refractivity contribution < 1.29 is 19.1 Å². The Hall–Kier alpha value is -2.28. The van der Waals surface area contributed by atoms with Gasteiger partial charge in [-0.05, 0) is 42.5 Å². The predicted octanol–water partition coefficient (Wildman–Crippen LogP) is 3.63. The van der Waals surface area contributed by atoms with Crippen molar-refractivity contribution in [2.45, 2.75) is 0 Å². The predicted molar refractivity (Wildman–Crippen MR) is 105 cm³/mol. The molecule has 8 heteroatoms. The molecule has 1 fully saturated rings. The number of ether oxygens (including phenoxy) is 2. The zero-order chi connectivity index (χ0) is 19.2. The monoisotopic (exact) mass is 408 g/mol. The second-order valence-corrected chi connectivity index (χ2v) is 6.74. The van der Waals surface area contributed by atoms with Crippen LogP contribution in [0.2, 0.25) is 10.0 Å². The number of carbonyl (C=O) groups excluding carboxylic acids is 2. The molecule has 1 amide bonds. The van der Waals surface area contributed by atoms with Gasteiger partial charge in [-0.15, -0.1) is 0 Å². The van der Waals surface area contributed by atoms with E-state index < -0.39 is 18.5 Å². The lowest BCUT2D eigenvalue weighted by molar-refractivity contribution is -0.119. The molecule has 0 aliphatic carbocycles. The Morgan fingerprint density at radius 2 is 1.78 bits per heavy atom. The molecule has 27 heavy (non-hydrogen) atoms. The summed E-state index contributed by atoms with van der Waals surface area (Å²) in [5.41, 5.74) is 1.80. The number of halogens is 2. The first-order valence-corrected chi connectivity index (χ1v) is 9.13. The van der Waals surface area contributed by atoms with E-state index in [1.54, 1.807) is 18.2 Å². The van der Waals surface area contributed by atoms with Gasteiger partial charge in [0.25, 0.3) is 5.91 Å². The standard InChI is InChI=1S/C19H18Cl2N2O4/c20-13-1-6-17(21)16(11-13)19(25)27-12-18(24)22-14-2-4-15(5-3-14)23-7-9-26-10-8-23/h1-6,11H,7-10,12H2,(H,22,24). The maximum atomic E-state index is 12.0. The Bertz CT molecular complexity index is 821. The third-order valence-electron chi connectivity index (χ3n) is 4.01. The first kappa shape index (κ1) is 19.5. The second kappa shape index (κ2) is 9.08. The lowest BCUT2D eigenvalue weighted by Crippen LogP contribution is -2.36. The topological polar surface area (TPSA) is 67.9 Å². The molecule has 2 aromatic carbocycles. The van der Waals surface area contributed by atoms with Gasteiger partial charge in [-0.3, -0.25) is 4.79 Å². The molecule has 0 radical (unpaired) electrons. The van der Waals surface area contributed by atoms with Gasteiger partial charge in [-0.2, -0.15) is 0 Å². The molecule has 0 bridgehead atoms. The van der Waals surface area contributed by atoms with Crippen molar-refractivity contribution in [2.75, 3.05) is 43.1 Å². The van der Waals surface area contributed by atoms with Crippen molar-refractivity contribution in [3.8, 4) is 0 Å². The highest BCUT2D eigenvalue weighted by Gasteiger charge is 2.15. The molecule has 0 spiro atoms. The van der Waals surface area contributed by atoms with Crippen molar-refractivity contribution in [3.63, 3.8) is 0 Å². The fourth-order valence-electron chi connectivity index (χ4n) is 2.64. The van der Waals surface area contributed by atoms with Gasteiger partial charge in [0.1, 0.15) is 0 Å². The van der Waals surface area contributed by atoms with Crippen LogP contribution in [0.5, 0.6) is 0 Å². The molecule has 3 rings (SSSR count). The number of hydrogen-bond donors (Lipinski definition) is 1. The fourth-order valence-corrected chi connectivity index (χ4v) is 3.00. The van der Waals surface area contributed by atoms with E-state index in [4.69, 9.17) is 32.7 Å². The smallest absolute Gasteiger partial charge is 0.340 e. The lowest BCUT2D eigenvalue weighted by Gasteiger charge is -2.28. The number of benzene rings is 2. The van der Waals surface area contributed by atoms with Crippen LogP contribution in [-0.2, 0) is 14.3 Å². The molecule has 1 saturated heterocycles. The van der Waals surface area contributed by atoms with E-state index in [0.29, 0.717) is 23.9 Å². The summed E-state index contributed by atoms with van der Waals surface area (Å²) in [6.45, 7) is 2.68. The molecule has 2 aromatic rings. The van der Waals surface area contributed by atoms with Crippen LogP contribution in [0.25, 0.3) is 0 Å². The molecule has 6 nitrogen and oxygen atoms in total. The summed E-state index contributed by atoms with van der Waals surface area (Å²) >= 11 is 11.8. The molecular weight excluding hydrogens is 391 g/mol. The van der Waals surface area contributed by atoms with E-state index in [2.05, 4.69) is 10.2 Å². The molecule has 1 N–H and O–H groups in total. The number of carbonyl (C=O) groups is 2. The highest BCUT2D eigenvalue weighted by Crippen LogP contribution is 2.22. The van der Waals surface area contributed by atoms with E-state index in [1.165, 1.54) is 12.1 Å². The van der Waals surface area contributed by atoms with E-state index in [1.807, 2.05) is 12.1 Å². The second-order valence-electron chi connectivity index (χ2n) is 5.89. The molecular formula is C19H18Cl2N2O4. The van der Waals surface area contributed by atoms with Gasteiger partial charge in [0, 0.05) is 29.5 Å². The summed E-state index contributed by atoms with van der Waals surface area (Å²) in [7, 11) is 0. The Morgan fingerprint density at radius 3 is 2.48 bits per heavy atom. The minimum absolute atomic E-state index is 0.117. The third kappa shape index (κ3) is 5.35. The van der Waals surface area contributed by atoms with Crippen LogP contribution in [-0.4, -0.2) is 44.8 Å². The first-order chi connectivity index (χ1) is 13.0. The lowest BCUT2D eigenvalue weighted by atomic mass is 10.2. The van der Waals surface area contributed by atoms with E-state index >= 15 is 0 Å². The van der Waals surface area contributed by atoms with Crippen molar-refractivity contribution >= 4 is 46.5 Å². The summed E-state index contributed by atoms with van der Waals surface area (Å²) in [5, 5.41) is 3.26. The number of morpholine rings is 1. The van der Waals surface area contributed by atoms with E-state index in [9.17, 15) is 9.59 Å². The highest BCUT2D eigenvalue weighted by atomic mass is 35.5. The zero-order valence-corrected chi connectivity index (χ0v) is 15.9. The van der Waals surface area contributed by atoms with Gasteiger partial charge < -0.3 is 19.7 Å². The van der Waals surface area contributed by atoms with Crippen LogP contribution in [0, 0.1) is 0 Å². The number of amides is 1. The van der Waals surface area contributed by atoms with Gasteiger partial charge in [-0.25, -0.2) is 4.79 Å². The van der Waals surface area contributed by atoms with E-state index in [0.717, 1.165) is 18.8 Å². The number of nitrogens with zero attached hydrogens (tertiary/aromatic N) is 1. The summed E-state index contributed by atoms with van der Waals surface area (Å²) in [6.07, 6.45) is 0. The first-order valence-electron chi connectivity index (χ1n) is 8.38. The molecule has 1 heterocycles. The van der Waals surface area contributed by atoms with Crippen molar-refractivity contribution in [1.29, 1.82) is 0 Å². The van der Waals surface area contributed by atoms with Gasteiger partial charge in [0.05, 0.1) is 23.8 Å². The molecule has 0 atom stereocenters. The Balaban J connectivity index is 1.51. The van der Waals surface area contributed by atoms with E-state index in [-0.39, 0.29) is 10.6 Å². The van der Waals surface area contributed by atoms with Crippen molar-refractivity contribution in [2.24, 2.45) is 0 Å². The van der Waals surface area contributed by atoms with Crippen LogP contribution in [0.15, 0.2) is 42.5 Å². The van der Waals surface area contributed by atoms with Crippen LogP contribution < -0.4 is 10.2 Å². The van der Waals surface area contributed by atoms with Gasteiger partial charge >= 0.3 is 5.97 Å². The summed E-state index contributed by atoms with van der Waals surface area (Å²) < 4.78 is 10.3. The maximum Gasteiger partial charge on any atom is 0.340 e. The quantitative estimate of drug-likeness (QED) is 0.765. The normalized spacial score (nSPS) is 13.9. The minimum atomic E-state index is -0.708. The SMILES string of the molecule is O=C(COC(=O)c1cc(Cl)ccc1Cl)Nc1ccc(N2CCOCC2)cc1. The average Bonchev–Trinajstić information content (AvgIpc) is 2.69. The number of anilines is 2. The highest BCUT2D eigenvalue weighted by molar-refractivity contribution is 6.35. The zero-order valence-electron chi connectivity index (χ0n) is 14.4. The van der Waals surface area contributed by atoms with Crippen LogP contribution >= 0.6 is 23.2 Å². The van der Waals surface area contributed by atoms with Gasteiger partial charge in [-0.1, -0.05) is 23.2 Å². The molecule has 0 saturated carbocycles. The van der Waals surface area contributed by atoms with Crippen molar-refractivity contribution in [1.82, 2.24) is 0 Å². The number of hydrogen-bond acceptors (Lipinski definition) is 5.